The molecule has 3 N–H and O–H groups in total. The van der Waals surface area contributed by atoms with Crippen molar-refractivity contribution >= 4 is 11.7 Å². The molecule has 0 saturated heterocycles. The molecule has 1 aliphatic carbocycles. The quantitative estimate of drug-likeness (QED) is 0.752. The average molecular weight is 291 g/mol. The minimum atomic E-state index is -0.490. The molecule has 0 spiro atoms. The van der Waals surface area contributed by atoms with Gasteiger partial charge in [0.05, 0.1) is 6.10 Å². The van der Waals surface area contributed by atoms with Gasteiger partial charge in [0.15, 0.2) is 0 Å². The highest BCUT2D eigenvalue weighted by Crippen LogP contribution is 2.21. The van der Waals surface area contributed by atoms with Crippen LogP contribution in [0.2, 0.25) is 0 Å². The van der Waals surface area contributed by atoms with Gasteiger partial charge in [-0.1, -0.05) is 26.2 Å². The van der Waals surface area contributed by atoms with Gasteiger partial charge >= 0.3 is 0 Å². The normalized spacial score (nSPS) is 17.2. The molecule has 1 heterocycles. The number of nitrogens with zero attached hydrogens (tertiary/aromatic N) is 1. The van der Waals surface area contributed by atoms with Gasteiger partial charge in [0.2, 0.25) is 0 Å². The predicted octanol–water partition coefficient (Wildman–Crippen LogP) is 2.33. The van der Waals surface area contributed by atoms with E-state index in [-0.39, 0.29) is 12.5 Å². The van der Waals surface area contributed by atoms with Gasteiger partial charge in [-0.15, -0.1) is 0 Å². The number of hydrogen-bond acceptors (Lipinski definition) is 4. The standard InChI is InChI=1S/C16H25N3O2/c1-2-14(20)11-18-16(21)12-8-9-17-15(10-12)19-13-6-4-3-5-7-13/h8-10,13-14,20H,2-7,11H2,1H3,(H,17,19)(H,18,21)/t14-/m1/s1. The number of aromatic nitrogens is 1. The molecule has 0 aliphatic heterocycles. The SMILES string of the molecule is CC[C@@H](O)CNC(=O)c1ccnc(NC2CCCCC2)c1. The molecule has 5 heteroatoms. The van der Waals surface area contributed by atoms with Gasteiger partial charge in [0.25, 0.3) is 5.91 Å². The van der Waals surface area contributed by atoms with Crippen molar-refractivity contribution in [2.75, 3.05) is 11.9 Å². The summed E-state index contributed by atoms with van der Waals surface area (Å²) < 4.78 is 0. The first-order chi connectivity index (χ1) is 10.2. The summed E-state index contributed by atoms with van der Waals surface area (Å²) in [6.07, 6.45) is 7.95. The van der Waals surface area contributed by atoms with Crippen molar-refractivity contribution in [2.45, 2.75) is 57.6 Å². The molecule has 2 rings (SSSR count). The van der Waals surface area contributed by atoms with E-state index in [9.17, 15) is 9.90 Å². The number of nitrogens with one attached hydrogen (secondary N) is 2. The fourth-order valence-corrected chi connectivity index (χ4v) is 2.56. The number of aliphatic hydroxyl groups is 1. The summed E-state index contributed by atoms with van der Waals surface area (Å²) in [5.41, 5.74) is 0.576. The van der Waals surface area contributed by atoms with Crippen LogP contribution in [0, 0.1) is 0 Å². The van der Waals surface area contributed by atoms with Crippen LogP contribution in [0.3, 0.4) is 0 Å². The van der Waals surface area contributed by atoms with Gasteiger partial charge in [0.1, 0.15) is 5.82 Å². The minimum absolute atomic E-state index is 0.170. The molecule has 0 unspecified atom stereocenters. The smallest absolute Gasteiger partial charge is 0.251 e. The molecule has 0 bridgehead atoms. The summed E-state index contributed by atoms with van der Waals surface area (Å²) in [6, 6.07) is 3.94. The van der Waals surface area contributed by atoms with E-state index in [2.05, 4.69) is 15.6 Å². The van der Waals surface area contributed by atoms with E-state index >= 15 is 0 Å². The van der Waals surface area contributed by atoms with Crippen molar-refractivity contribution in [3.63, 3.8) is 0 Å². The third-order valence-electron chi connectivity index (χ3n) is 3.95. The number of pyridine rings is 1. The number of amides is 1. The molecule has 1 aliphatic rings. The van der Waals surface area contributed by atoms with Gasteiger partial charge in [-0.25, -0.2) is 4.98 Å². The Morgan fingerprint density at radius 1 is 1.43 bits per heavy atom. The molecule has 21 heavy (non-hydrogen) atoms. The Morgan fingerprint density at radius 3 is 2.90 bits per heavy atom. The lowest BCUT2D eigenvalue weighted by Gasteiger charge is -2.23. The lowest BCUT2D eigenvalue weighted by molar-refractivity contribution is 0.0914. The highest BCUT2D eigenvalue weighted by atomic mass is 16.3. The fraction of sp³-hybridized carbons (Fsp3) is 0.625. The largest absolute Gasteiger partial charge is 0.391 e. The third-order valence-corrected chi connectivity index (χ3v) is 3.95. The predicted molar refractivity (Wildman–Crippen MR) is 83.4 cm³/mol. The number of carbonyl (C=O) groups excluding carboxylic acids is 1. The minimum Gasteiger partial charge on any atom is -0.391 e. The average Bonchev–Trinajstić information content (AvgIpc) is 2.53. The summed E-state index contributed by atoms with van der Waals surface area (Å²) >= 11 is 0. The maximum atomic E-state index is 12.0. The molecular weight excluding hydrogens is 266 g/mol. The van der Waals surface area contributed by atoms with E-state index in [1.165, 1.54) is 32.1 Å². The second-order valence-corrected chi connectivity index (χ2v) is 5.68. The second-order valence-electron chi connectivity index (χ2n) is 5.68. The van der Waals surface area contributed by atoms with Crippen molar-refractivity contribution in [3.05, 3.63) is 23.9 Å². The van der Waals surface area contributed by atoms with Crippen molar-refractivity contribution in [1.29, 1.82) is 0 Å². The highest BCUT2D eigenvalue weighted by molar-refractivity contribution is 5.94. The number of aliphatic hydroxyl groups excluding tert-OH is 1. The van der Waals surface area contributed by atoms with Gasteiger partial charge < -0.3 is 15.7 Å². The second kappa shape index (κ2) is 7.98. The van der Waals surface area contributed by atoms with E-state index in [0.29, 0.717) is 18.0 Å². The Kier molecular flexibility index (Phi) is 5.99. The number of carbonyl (C=O) groups is 1. The molecule has 5 nitrogen and oxygen atoms in total. The molecule has 1 fully saturated rings. The highest BCUT2D eigenvalue weighted by Gasteiger charge is 2.14. The van der Waals surface area contributed by atoms with Crippen LogP contribution in [-0.4, -0.2) is 34.7 Å². The van der Waals surface area contributed by atoms with Crippen LogP contribution in [-0.2, 0) is 0 Å². The van der Waals surface area contributed by atoms with Gasteiger partial charge in [-0.05, 0) is 31.4 Å². The van der Waals surface area contributed by atoms with Gasteiger partial charge in [0, 0.05) is 24.3 Å². The maximum Gasteiger partial charge on any atom is 0.251 e. The summed E-state index contributed by atoms with van der Waals surface area (Å²) in [4.78, 5) is 16.3. The van der Waals surface area contributed by atoms with E-state index in [0.717, 1.165) is 5.82 Å². The molecule has 1 aromatic rings. The molecule has 0 radical (unpaired) electrons. The topological polar surface area (TPSA) is 74.2 Å². The summed E-state index contributed by atoms with van der Waals surface area (Å²) in [7, 11) is 0. The maximum absolute atomic E-state index is 12.0. The van der Waals surface area contributed by atoms with Gasteiger partial charge in [-0.2, -0.15) is 0 Å². The Morgan fingerprint density at radius 2 is 2.19 bits per heavy atom. The van der Waals surface area contributed by atoms with E-state index in [1.807, 2.05) is 6.92 Å². The van der Waals surface area contributed by atoms with Crippen molar-refractivity contribution < 1.29 is 9.90 Å². The van der Waals surface area contributed by atoms with Crippen LogP contribution < -0.4 is 10.6 Å². The first-order valence-corrected chi connectivity index (χ1v) is 7.88. The van der Waals surface area contributed by atoms with Crippen LogP contribution in [0.25, 0.3) is 0 Å². The van der Waals surface area contributed by atoms with Gasteiger partial charge in [-0.3, -0.25) is 4.79 Å². The summed E-state index contributed by atoms with van der Waals surface area (Å²) in [5, 5.41) is 15.6. The molecular formula is C16H25N3O2. The van der Waals surface area contributed by atoms with Crippen LogP contribution in [0.1, 0.15) is 55.8 Å². The molecule has 1 aromatic heterocycles. The van der Waals surface area contributed by atoms with Crippen LogP contribution in [0.4, 0.5) is 5.82 Å². The first kappa shape index (κ1) is 15.8. The zero-order valence-electron chi connectivity index (χ0n) is 12.6. The Bertz CT molecular complexity index is 459. The van der Waals surface area contributed by atoms with E-state index < -0.39 is 6.10 Å². The molecule has 0 aromatic carbocycles. The zero-order chi connectivity index (χ0) is 15.1. The number of anilines is 1. The number of rotatable bonds is 6. The van der Waals surface area contributed by atoms with E-state index in [4.69, 9.17) is 0 Å². The van der Waals surface area contributed by atoms with Crippen LogP contribution in [0.5, 0.6) is 0 Å². The fourth-order valence-electron chi connectivity index (χ4n) is 2.56. The molecule has 116 valence electrons. The van der Waals surface area contributed by atoms with Crippen molar-refractivity contribution in [2.24, 2.45) is 0 Å². The first-order valence-electron chi connectivity index (χ1n) is 7.88. The lowest BCUT2D eigenvalue weighted by atomic mass is 9.95. The summed E-state index contributed by atoms with van der Waals surface area (Å²) in [5.74, 6) is 0.585. The molecule has 1 saturated carbocycles. The van der Waals surface area contributed by atoms with Crippen molar-refractivity contribution in [1.82, 2.24) is 10.3 Å². The Labute approximate surface area is 126 Å². The van der Waals surface area contributed by atoms with Crippen LogP contribution >= 0.6 is 0 Å². The van der Waals surface area contributed by atoms with Crippen LogP contribution in [0.15, 0.2) is 18.3 Å². The number of hydrogen-bond donors (Lipinski definition) is 3. The van der Waals surface area contributed by atoms with E-state index in [1.54, 1.807) is 18.3 Å². The summed E-state index contributed by atoms with van der Waals surface area (Å²) in [6.45, 7) is 2.17. The Hall–Kier alpha value is -1.62. The third kappa shape index (κ3) is 5.01. The lowest BCUT2D eigenvalue weighted by Crippen LogP contribution is -2.31. The van der Waals surface area contributed by atoms with Crippen molar-refractivity contribution in [3.8, 4) is 0 Å². The molecule has 1 atom stereocenters. The monoisotopic (exact) mass is 291 g/mol. The zero-order valence-corrected chi connectivity index (χ0v) is 12.6. The molecule has 1 amide bonds. The Balaban J connectivity index is 1.91.